The Kier molecular flexibility index (Phi) is 11.1. The van der Waals surface area contributed by atoms with E-state index in [1.54, 1.807) is 42.5 Å². The summed E-state index contributed by atoms with van der Waals surface area (Å²) in [6.07, 6.45) is 1.43. The van der Waals surface area contributed by atoms with Crippen molar-refractivity contribution < 1.29 is 28.2 Å². The van der Waals surface area contributed by atoms with E-state index in [9.17, 15) is 9.59 Å². The highest BCUT2D eigenvalue weighted by molar-refractivity contribution is 9.13. The molecule has 3 aromatic carbocycles. The van der Waals surface area contributed by atoms with Crippen LogP contribution in [-0.2, 0) is 11.4 Å². The Morgan fingerprint density at radius 1 is 0.936 bits per heavy atom. The van der Waals surface area contributed by atoms with Crippen molar-refractivity contribution in [1.82, 2.24) is 9.99 Å². The van der Waals surface area contributed by atoms with Crippen LogP contribution in [0.1, 0.15) is 33.3 Å². The van der Waals surface area contributed by atoms with Gasteiger partial charge < -0.3 is 28.5 Å². The number of nitrogens with zero attached hydrogens (tertiary/aromatic N) is 2. The average molecular weight is 785 g/mol. The molecule has 242 valence electrons. The molecule has 10 nitrogen and oxygen atoms in total. The standard InChI is InChI=1S/C34H29Br2ClN4O6/c1-20-4-5-21(2)41(20)25-10-12-26(13-11-25)45-18-27-14-15-28(47-27)34(43)40-38-17-22-16-29(44-3)33(32(36)31(22)35)46-19-30(42)39-24-8-6-23(37)7-9-24/h4-17H,18-19H2,1-3H3,(H,39,42)(H,40,43)/b38-17+. The molecule has 0 aliphatic rings. The number of benzene rings is 3. The topological polar surface area (TPSA) is 116 Å². The number of carbonyl (C=O) groups is 2. The Labute approximate surface area is 292 Å². The molecule has 0 aliphatic heterocycles. The molecule has 0 saturated heterocycles. The van der Waals surface area contributed by atoms with Crippen LogP contribution >= 0.6 is 43.5 Å². The molecule has 0 fully saturated rings. The number of nitrogens with one attached hydrogen (secondary N) is 2. The van der Waals surface area contributed by atoms with Crippen molar-refractivity contribution in [3.05, 3.63) is 121 Å². The lowest BCUT2D eigenvalue weighted by atomic mass is 10.2. The largest absolute Gasteiger partial charge is 0.493 e. The maximum atomic E-state index is 12.7. The van der Waals surface area contributed by atoms with E-state index in [2.05, 4.69) is 78.3 Å². The van der Waals surface area contributed by atoms with Crippen LogP contribution in [0, 0.1) is 13.8 Å². The summed E-state index contributed by atoms with van der Waals surface area (Å²) >= 11 is 12.9. The normalized spacial score (nSPS) is 11.0. The number of furan rings is 1. The number of amides is 2. The highest BCUT2D eigenvalue weighted by Crippen LogP contribution is 2.42. The van der Waals surface area contributed by atoms with Gasteiger partial charge >= 0.3 is 5.91 Å². The first-order valence-corrected chi connectivity index (χ1v) is 16.1. The van der Waals surface area contributed by atoms with Crippen LogP contribution in [0.5, 0.6) is 17.2 Å². The first-order valence-electron chi connectivity index (χ1n) is 14.2. The fourth-order valence-electron chi connectivity index (χ4n) is 4.57. The van der Waals surface area contributed by atoms with E-state index in [0.29, 0.717) is 48.2 Å². The summed E-state index contributed by atoms with van der Waals surface area (Å²) in [5.41, 5.74) is 6.95. The van der Waals surface area contributed by atoms with Crippen LogP contribution in [-0.4, -0.2) is 36.3 Å². The molecule has 5 aromatic rings. The molecule has 47 heavy (non-hydrogen) atoms. The fourth-order valence-corrected chi connectivity index (χ4v) is 5.63. The highest BCUT2D eigenvalue weighted by atomic mass is 79.9. The Hall–Kier alpha value is -4.52. The van der Waals surface area contributed by atoms with Crippen LogP contribution in [0.2, 0.25) is 5.02 Å². The minimum atomic E-state index is -0.539. The van der Waals surface area contributed by atoms with Gasteiger partial charge in [-0.1, -0.05) is 11.6 Å². The van der Waals surface area contributed by atoms with E-state index in [0.717, 1.165) is 17.1 Å². The van der Waals surface area contributed by atoms with Gasteiger partial charge in [-0.25, -0.2) is 5.43 Å². The molecule has 2 heterocycles. The maximum absolute atomic E-state index is 12.7. The zero-order valence-electron chi connectivity index (χ0n) is 25.5. The summed E-state index contributed by atoms with van der Waals surface area (Å²) in [7, 11) is 1.47. The van der Waals surface area contributed by atoms with Gasteiger partial charge in [0, 0.05) is 37.8 Å². The van der Waals surface area contributed by atoms with E-state index in [4.69, 9.17) is 30.2 Å². The van der Waals surface area contributed by atoms with Gasteiger partial charge in [-0.05, 0) is 125 Å². The van der Waals surface area contributed by atoms with Gasteiger partial charge in [0.25, 0.3) is 5.91 Å². The van der Waals surface area contributed by atoms with Gasteiger partial charge in [-0.15, -0.1) is 0 Å². The van der Waals surface area contributed by atoms with E-state index in [1.165, 1.54) is 13.3 Å². The molecular formula is C34H29Br2ClN4O6. The zero-order chi connectivity index (χ0) is 33.5. The second-order valence-electron chi connectivity index (χ2n) is 10.2. The van der Waals surface area contributed by atoms with Gasteiger partial charge in [-0.3, -0.25) is 9.59 Å². The number of halogens is 3. The zero-order valence-corrected chi connectivity index (χ0v) is 29.4. The van der Waals surface area contributed by atoms with Crippen LogP contribution in [0.4, 0.5) is 5.69 Å². The van der Waals surface area contributed by atoms with Crippen molar-refractivity contribution in [2.75, 3.05) is 19.0 Å². The van der Waals surface area contributed by atoms with Gasteiger partial charge in [0.2, 0.25) is 0 Å². The lowest BCUT2D eigenvalue weighted by molar-refractivity contribution is -0.118. The van der Waals surface area contributed by atoms with Crippen LogP contribution in [0.15, 0.2) is 97.3 Å². The lowest BCUT2D eigenvalue weighted by Crippen LogP contribution is -2.20. The smallest absolute Gasteiger partial charge is 0.307 e. The summed E-state index contributed by atoms with van der Waals surface area (Å²) in [6.45, 7) is 4.00. The molecule has 0 spiro atoms. The Morgan fingerprint density at radius 2 is 1.64 bits per heavy atom. The molecule has 0 atom stereocenters. The van der Waals surface area contributed by atoms with Crippen molar-refractivity contribution in [3.8, 4) is 22.9 Å². The predicted octanol–water partition coefficient (Wildman–Crippen LogP) is 8.23. The molecule has 2 amide bonds. The predicted molar refractivity (Wildman–Crippen MR) is 187 cm³/mol. The number of carbonyl (C=O) groups excluding carboxylic acids is 2. The lowest BCUT2D eigenvalue weighted by Gasteiger charge is -2.15. The highest BCUT2D eigenvalue weighted by Gasteiger charge is 2.18. The average Bonchev–Trinajstić information content (AvgIpc) is 3.68. The van der Waals surface area contributed by atoms with Crippen LogP contribution in [0.25, 0.3) is 5.69 Å². The minimum absolute atomic E-state index is 0.0770. The van der Waals surface area contributed by atoms with Crippen molar-refractivity contribution in [3.63, 3.8) is 0 Å². The number of hydrogen-bond acceptors (Lipinski definition) is 7. The number of hydrogen-bond donors (Lipinski definition) is 2. The molecule has 0 aliphatic carbocycles. The number of hydrazone groups is 1. The summed E-state index contributed by atoms with van der Waals surface area (Å²) in [5, 5.41) is 7.35. The fraction of sp³-hybridized carbons (Fsp3) is 0.147. The second kappa shape index (κ2) is 15.4. The SMILES string of the molecule is COc1cc(/C=N/NC(=O)c2ccc(COc3ccc(-n4c(C)ccc4C)cc3)o2)c(Br)c(Br)c1OCC(=O)Nc1ccc(Cl)cc1. The Balaban J connectivity index is 1.15. The van der Waals surface area contributed by atoms with Crippen LogP contribution in [0.3, 0.4) is 0 Å². The van der Waals surface area contributed by atoms with Gasteiger partial charge in [0.05, 0.1) is 17.8 Å². The number of methoxy groups -OCH3 is 1. The van der Waals surface area contributed by atoms with Gasteiger partial charge in [0.1, 0.15) is 18.1 Å². The van der Waals surface area contributed by atoms with Gasteiger partial charge in [0.15, 0.2) is 23.9 Å². The quantitative estimate of drug-likeness (QED) is 0.0973. The molecule has 2 N–H and O–H groups in total. The molecule has 0 saturated carbocycles. The Morgan fingerprint density at radius 3 is 2.32 bits per heavy atom. The summed E-state index contributed by atoms with van der Waals surface area (Å²) in [4.78, 5) is 25.1. The second-order valence-corrected chi connectivity index (χ2v) is 12.2. The van der Waals surface area contributed by atoms with Crippen molar-refractivity contribution >= 4 is 67.2 Å². The Bertz CT molecular complexity index is 1900. The first kappa shape index (κ1) is 33.8. The van der Waals surface area contributed by atoms with Crippen LogP contribution < -0.4 is 25.0 Å². The first-order chi connectivity index (χ1) is 22.6. The molecule has 2 aromatic heterocycles. The van der Waals surface area contributed by atoms with E-state index in [-0.39, 0.29) is 24.9 Å². The van der Waals surface area contributed by atoms with E-state index < -0.39 is 5.91 Å². The number of rotatable bonds is 12. The monoisotopic (exact) mass is 782 g/mol. The van der Waals surface area contributed by atoms with Crippen molar-refractivity contribution in [2.45, 2.75) is 20.5 Å². The molecule has 0 unspecified atom stereocenters. The third kappa shape index (κ3) is 8.45. The third-order valence-corrected chi connectivity index (χ3v) is 9.25. The number of anilines is 1. The van der Waals surface area contributed by atoms with Crippen molar-refractivity contribution in [2.24, 2.45) is 5.10 Å². The van der Waals surface area contributed by atoms with Crippen molar-refractivity contribution in [1.29, 1.82) is 0 Å². The number of aromatic nitrogens is 1. The molecule has 0 radical (unpaired) electrons. The third-order valence-electron chi connectivity index (χ3n) is 6.85. The minimum Gasteiger partial charge on any atom is -0.493 e. The molecular weight excluding hydrogens is 756 g/mol. The van der Waals surface area contributed by atoms with Gasteiger partial charge in [-0.2, -0.15) is 5.10 Å². The summed E-state index contributed by atoms with van der Waals surface area (Å²) < 4.78 is 26.0. The summed E-state index contributed by atoms with van der Waals surface area (Å²) in [5.74, 6) is 0.968. The molecule has 13 heteroatoms. The maximum Gasteiger partial charge on any atom is 0.307 e. The molecule has 0 bridgehead atoms. The number of aryl methyl sites for hydroxylation is 2. The molecule has 5 rings (SSSR count). The van der Waals surface area contributed by atoms with E-state index in [1.807, 2.05) is 24.3 Å². The number of ether oxygens (including phenoxy) is 3. The summed E-state index contributed by atoms with van der Waals surface area (Å²) in [6, 6.07) is 23.5. The van der Waals surface area contributed by atoms with E-state index >= 15 is 0 Å².